The van der Waals surface area contributed by atoms with Gasteiger partial charge >= 0.3 is 5.97 Å². The van der Waals surface area contributed by atoms with Crippen LogP contribution in [0.5, 0.6) is 0 Å². The maximum Gasteiger partial charge on any atom is 0.367 e. The number of nitrogens with zero attached hydrogens (tertiary/aromatic N) is 1. The van der Waals surface area contributed by atoms with Crippen molar-refractivity contribution >= 4 is 17.3 Å². The number of ether oxygens (including phenoxy) is 1. The molecule has 82 valence electrons. The van der Waals surface area contributed by atoms with Crippen LogP contribution in [-0.2, 0) is 17.6 Å². The zero-order chi connectivity index (χ0) is 10.7. The van der Waals surface area contributed by atoms with Crippen molar-refractivity contribution in [1.29, 1.82) is 0 Å². The molecule has 0 saturated heterocycles. The van der Waals surface area contributed by atoms with Crippen molar-refractivity contribution in [2.24, 2.45) is 0 Å². The molecule has 1 aromatic heterocycles. The molecule has 0 N–H and O–H groups in total. The topological polar surface area (TPSA) is 39.2 Å². The summed E-state index contributed by atoms with van der Waals surface area (Å²) in [5, 5.41) is 0.531. The molecule has 0 radical (unpaired) electrons. The van der Waals surface area contributed by atoms with Gasteiger partial charge in [-0.2, -0.15) is 0 Å². The maximum absolute atomic E-state index is 11.5. The van der Waals surface area contributed by atoms with E-state index < -0.39 is 0 Å². The molecule has 0 atom stereocenters. The maximum atomic E-state index is 11.5. The SMILES string of the molecule is CCOC(=O)c1nc2c(s1)CCCCC2. The number of aryl methyl sites for hydroxylation is 2. The smallest absolute Gasteiger partial charge is 0.367 e. The highest BCUT2D eigenvalue weighted by atomic mass is 32.1. The van der Waals surface area contributed by atoms with Gasteiger partial charge in [0, 0.05) is 4.88 Å². The summed E-state index contributed by atoms with van der Waals surface area (Å²) in [6, 6.07) is 0. The molecular weight excluding hydrogens is 210 g/mol. The minimum absolute atomic E-state index is 0.268. The first-order valence-corrected chi connectivity index (χ1v) is 6.28. The van der Waals surface area contributed by atoms with Crippen molar-refractivity contribution < 1.29 is 9.53 Å². The van der Waals surface area contributed by atoms with Crippen molar-refractivity contribution in [1.82, 2.24) is 4.98 Å². The second-order valence-electron chi connectivity index (χ2n) is 3.67. The van der Waals surface area contributed by atoms with Gasteiger partial charge in [0.25, 0.3) is 0 Å². The van der Waals surface area contributed by atoms with E-state index in [4.69, 9.17) is 4.74 Å². The first-order chi connectivity index (χ1) is 7.31. The molecule has 0 aliphatic heterocycles. The third-order valence-electron chi connectivity index (χ3n) is 2.55. The van der Waals surface area contributed by atoms with Crippen LogP contribution < -0.4 is 0 Å². The van der Waals surface area contributed by atoms with Gasteiger partial charge in [0.2, 0.25) is 5.01 Å². The largest absolute Gasteiger partial charge is 0.461 e. The standard InChI is InChI=1S/C11H15NO2S/c1-2-14-11(13)10-12-8-6-4-3-5-7-9(8)15-10/h2-7H2,1H3. The zero-order valence-electron chi connectivity index (χ0n) is 8.91. The Labute approximate surface area is 93.5 Å². The lowest BCUT2D eigenvalue weighted by molar-refractivity contribution is 0.0525. The Morgan fingerprint density at radius 3 is 3.00 bits per heavy atom. The third kappa shape index (κ3) is 2.37. The monoisotopic (exact) mass is 225 g/mol. The molecule has 1 heterocycles. The van der Waals surface area contributed by atoms with E-state index in [1.807, 2.05) is 6.92 Å². The number of fused-ring (bicyclic) bond motifs is 1. The lowest BCUT2D eigenvalue weighted by atomic mass is 10.2. The summed E-state index contributed by atoms with van der Waals surface area (Å²) in [4.78, 5) is 17.1. The van der Waals surface area contributed by atoms with Crippen molar-refractivity contribution in [2.75, 3.05) is 6.61 Å². The summed E-state index contributed by atoms with van der Waals surface area (Å²) in [5.41, 5.74) is 1.13. The molecule has 0 fully saturated rings. The predicted molar refractivity (Wildman–Crippen MR) is 59.3 cm³/mol. The summed E-state index contributed by atoms with van der Waals surface area (Å²) in [6.45, 7) is 2.24. The second-order valence-corrected chi connectivity index (χ2v) is 4.75. The Bertz CT molecular complexity index is 336. The van der Waals surface area contributed by atoms with Gasteiger partial charge in [-0.1, -0.05) is 6.42 Å². The van der Waals surface area contributed by atoms with Crippen LogP contribution in [0.15, 0.2) is 0 Å². The molecule has 1 aliphatic rings. The van der Waals surface area contributed by atoms with Gasteiger partial charge < -0.3 is 4.74 Å². The minimum atomic E-state index is -0.268. The van der Waals surface area contributed by atoms with Gasteiger partial charge in [-0.3, -0.25) is 0 Å². The number of carbonyl (C=O) groups is 1. The molecule has 1 aromatic rings. The van der Waals surface area contributed by atoms with Crippen molar-refractivity contribution in [2.45, 2.75) is 39.0 Å². The van der Waals surface area contributed by atoms with Crippen LogP contribution in [0.25, 0.3) is 0 Å². The van der Waals surface area contributed by atoms with Gasteiger partial charge in [0.05, 0.1) is 12.3 Å². The van der Waals surface area contributed by atoms with Gasteiger partial charge in [-0.15, -0.1) is 11.3 Å². The molecule has 0 amide bonds. The number of carbonyl (C=O) groups excluding carboxylic acids is 1. The first-order valence-electron chi connectivity index (χ1n) is 5.47. The number of thiazole rings is 1. The normalized spacial score (nSPS) is 15.5. The summed E-state index contributed by atoms with van der Waals surface area (Å²) in [5.74, 6) is -0.268. The Morgan fingerprint density at radius 1 is 1.40 bits per heavy atom. The van der Waals surface area contributed by atoms with E-state index >= 15 is 0 Å². The Hall–Kier alpha value is -0.900. The molecule has 2 rings (SSSR count). The van der Waals surface area contributed by atoms with Crippen molar-refractivity contribution in [3.63, 3.8) is 0 Å². The third-order valence-corrected chi connectivity index (χ3v) is 3.68. The van der Waals surface area contributed by atoms with E-state index in [1.54, 1.807) is 0 Å². The van der Waals surface area contributed by atoms with Crippen LogP contribution in [0.4, 0.5) is 0 Å². The van der Waals surface area contributed by atoms with Crippen molar-refractivity contribution in [3.8, 4) is 0 Å². The van der Waals surface area contributed by atoms with E-state index in [1.165, 1.54) is 35.5 Å². The van der Waals surface area contributed by atoms with E-state index in [0.29, 0.717) is 11.6 Å². The fraction of sp³-hybridized carbons (Fsp3) is 0.636. The highest BCUT2D eigenvalue weighted by molar-refractivity contribution is 7.13. The molecule has 0 bridgehead atoms. The number of esters is 1. The summed E-state index contributed by atoms with van der Waals surface area (Å²) in [7, 11) is 0. The number of aromatic nitrogens is 1. The number of hydrogen-bond acceptors (Lipinski definition) is 4. The van der Waals surface area contributed by atoms with Crippen LogP contribution >= 0.6 is 11.3 Å². The van der Waals surface area contributed by atoms with E-state index in [9.17, 15) is 4.79 Å². The van der Waals surface area contributed by atoms with Crippen LogP contribution in [0.2, 0.25) is 0 Å². The van der Waals surface area contributed by atoms with Gasteiger partial charge in [-0.05, 0) is 32.6 Å². The summed E-state index contributed by atoms with van der Waals surface area (Å²) in [6.07, 6.45) is 5.78. The predicted octanol–water partition coefficient (Wildman–Crippen LogP) is 2.59. The van der Waals surface area contributed by atoms with Gasteiger partial charge in [0.1, 0.15) is 0 Å². The second kappa shape index (κ2) is 4.75. The van der Waals surface area contributed by atoms with Crippen LogP contribution in [-0.4, -0.2) is 17.6 Å². The molecule has 0 spiro atoms. The highest BCUT2D eigenvalue weighted by Crippen LogP contribution is 2.26. The number of hydrogen-bond donors (Lipinski definition) is 0. The van der Waals surface area contributed by atoms with E-state index in [-0.39, 0.29) is 5.97 Å². The fourth-order valence-corrected chi connectivity index (χ4v) is 2.85. The van der Waals surface area contributed by atoms with Crippen LogP contribution in [0.1, 0.15) is 46.6 Å². The van der Waals surface area contributed by atoms with Crippen LogP contribution in [0, 0.1) is 0 Å². The Kier molecular flexibility index (Phi) is 3.36. The lowest BCUT2D eigenvalue weighted by Crippen LogP contribution is -2.04. The van der Waals surface area contributed by atoms with Gasteiger partial charge in [0.15, 0.2) is 0 Å². The Morgan fingerprint density at radius 2 is 2.20 bits per heavy atom. The van der Waals surface area contributed by atoms with E-state index in [0.717, 1.165) is 18.5 Å². The molecule has 1 aliphatic carbocycles. The number of rotatable bonds is 2. The minimum Gasteiger partial charge on any atom is -0.461 e. The molecular formula is C11H15NO2S. The molecule has 15 heavy (non-hydrogen) atoms. The average Bonchev–Trinajstić information content (AvgIpc) is 2.51. The van der Waals surface area contributed by atoms with Crippen LogP contribution in [0.3, 0.4) is 0 Å². The quantitative estimate of drug-likeness (QED) is 0.573. The molecule has 0 saturated carbocycles. The Balaban J connectivity index is 2.18. The first kappa shape index (κ1) is 10.6. The lowest BCUT2D eigenvalue weighted by Gasteiger charge is -1.96. The molecule has 0 aromatic carbocycles. The zero-order valence-corrected chi connectivity index (χ0v) is 9.73. The molecule has 3 nitrogen and oxygen atoms in total. The van der Waals surface area contributed by atoms with Gasteiger partial charge in [-0.25, -0.2) is 9.78 Å². The molecule has 4 heteroatoms. The molecule has 0 unspecified atom stereocenters. The van der Waals surface area contributed by atoms with Crippen molar-refractivity contribution in [3.05, 3.63) is 15.6 Å². The van der Waals surface area contributed by atoms with E-state index in [2.05, 4.69) is 4.98 Å². The summed E-state index contributed by atoms with van der Waals surface area (Å²) < 4.78 is 4.95. The summed E-state index contributed by atoms with van der Waals surface area (Å²) >= 11 is 1.51. The fourth-order valence-electron chi connectivity index (χ4n) is 1.81. The highest BCUT2D eigenvalue weighted by Gasteiger charge is 2.18. The average molecular weight is 225 g/mol.